The first-order valence-corrected chi connectivity index (χ1v) is 19.8. The summed E-state index contributed by atoms with van der Waals surface area (Å²) >= 11 is 4.49. The Hall–Kier alpha value is -2.80. The Labute approximate surface area is 324 Å². The zero-order valence-electron chi connectivity index (χ0n) is 34.1. The van der Waals surface area contributed by atoms with E-state index in [4.69, 9.17) is 14.2 Å². The monoisotopic (exact) mass is 761 g/mol. The number of hydrogen-bond donors (Lipinski definition) is 1. The number of thiol groups is 1. The van der Waals surface area contributed by atoms with Gasteiger partial charge in [0.1, 0.15) is 5.78 Å². The summed E-state index contributed by atoms with van der Waals surface area (Å²) in [5, 5.41) is 0. The van der Waals surface area contributed by atoms with Crippen molar-refractivity contribution < 1.29 is 38.2 Å². The molecule has 0 aromatic heterocycles. The standard InChI is InChI=1S/C41H67N3O8S/c1-12-27(4)38(43(8)40(48)31(25-53)23-34(46)37(26(2)3)42(6)7)35(50-9)24-36(47)44-20-16-19-32(44)39(51-10)28(5)33(45)22-30(41(49)52-11)21-29-17-14-13-15-18-29/h13-15,17-18,26-28,30-32,35,37-39,53H,12,16,19-25H2,1-11H3/t27-,28-,30+,31-,32-,35+,37-,38-,39+/m0/s1. The lowest BCUT2D eigenvalue weighted by molar-refractivity contribution is -0.149. The van der Waals surface area contributed by atoms with E-state index >= 15 is 0 Å². The van der Waals surface area contributed by atoms with Gasteiger partial charge < -0.3 is 24.0 Å². The Morgan fingerprint density at radius 3 is 2.02 bits per heavy atom. The molecule has 0 aliphatic carbocycles. The van der Waals surface area contributed by atoms with Gasteiger partial charge in [0, 0.05) is 52.3 Å². The van der Waals surface area contributed by atoms with Crippen molar-refractivity contribution >= 4 is 42.0 Å². The summed E-state index contributed by atoms with van der Waals surface area (Å²) in [5.74, 6) is -2.45. The second-order valence-electron chi connectivity index (χ2n) is 15.4. The molecule has 0 saturated carbocycles. The summed E-state index contributed by atoms with van der Waals surface area (Å²) in [6.45, 7) is 10.4. The minimum Gasteiger partial charge on any atom is -0.469 e. The molecule has 1 aromatic carbocycles. The lowest BCUT2D eigenvalue weighted by Gasteiger charge is -2.40. The van der Waals surface area contributed by atoms with Crippen LogP contribution in [0.5, 0.6) is 0 Å². The molecule has 0 N–H and O–H groups in total. The number of likely N-dealkylation sites (tertiary alicyclic amines) is 1. The summed E-state index contributed by atoms with van der Waals surface area (Å²) < 4.78 is 17.0. The molecule has 300 valence electrons. The number of esters is 1. The number of amides is 2. The average Bonchev–Trinajstić information content (AvgIpc) is 3.62. The van der Waals surface area contributed by atoms with Crippen LogP contribution >= 0.6 is 12.6 Å². The van der Waals surface area contributed by atoms with Crippen LogP contribution in [0.2, 0.25) is 0 Å². The fourth-order valence-electron chi connectivity index (χ4n) is 8.21. The van der Waals surface area contributed by atoms with Gasteiger partial charge in [0.15, 0.2) is 5.78 Å². The Kier molecular flexibility index (Phi) is 19.7. The Morgan fingerprint density at radius 1 is 0.887 bits per heavy atom. The largest absolute Gasteiger partial charge is 0.469 e. The van der Waals surface area contributed by atoms with Gasteiger partial charge in [-0.3, -0.25) is 28.9 Å². The molecule has 2 rings (SSSR count). The first kappa shape index (κ1) is 46.4. The minimum atomic E-state index is -0.638. The number of carbonyl (C=O) groups excluding carboxylic acids is 5. The zero-order chi connectivity index (χ0) is 40.0. The van der Waals surface area contributed by atoms with Crippen LogP contribution in [0.3, 0.4) is 0 Å². The van der Waals surface area contributed by atoms with Crippen LogP contribution in [0.1, 0.15) is 78.7 Å². The van der Waals surface area contributed by atoms with E-state index in [1.54, 1.807) is 38.0 Å². The van der Waals surface area contributed by atoms with Gasteiger partial charge in [0.25, 0.3) is 0 Å². The third-order valence-corrected chi connectivity index (χ3v) is 11.6. The van der Waals surface area contributed by atoms with Crippen LogP contribution in [0, 0.1) is 29.6 Å². The second-order valence-corrected chi connectivity index (χ2v) is 15.7. The summed E-state index contributed by atoms with van der Waals surface area (Å²) in [7, 11) is 9.92. The van der Waals surface area contributed by atoms with Crippen molar-refractivity contribution in [3.05, 3.63) is 35.9 Å². The SMILES string of the molecule is CC[C@H](C)[C@@H]([C@@H](CC(=O)N1CCC[C@H]1[C@H](OC)[C@@H](C)C(=O)C[C@@H](Cc1ccccc1)C(=O)OC)OC)N(C)C(=O)[C@H](CS)CC(=O)[C@H](C(C)C)N(C)C. The maximum atomic E-state index is 14.2. The van der Waals surface area contributed by atoms with Crippen LogP contribution in [0.25, 0.3) is 0 Å². The highest BCUT2D eigenvalue weighted by atomic mass is 32.1. The Bertz CT molecular complexity index is 1320. The van der Waals surface area contributed by atoms with Gasteiger partial charge >= 0.3 is 5.97 Å². The maximum absolute atomic E-state index is 14.2. The number of ketones is 2. The number of ether oxygens (including phenoxy) is 3. The molecule has 1 fully saturated rings. The van der Waals surface area contributed by atoms with E-state index in [1.807, 2.05) is 77.0 Å². The van der Waals surface area contributed by atoms with Crippen LogP contribution in [0.15, 0.2) is 30.3 Å². The van der Waals surface area contributed by atoms with Crippen molar-refractivity contribution in [2.75, 3.05) is 54.8 Å². The molecule has 2 amide bonds. The van der Waals surface area contributed by atoms with Crippen molar-refractivity contribution in [3.63, 3.8) is 0 Å². The third kappa shape index (κ3) is 12.6. The van der Waals surface area contributed by atoms with Crippen LogP contribution in [0.4, 0.5) is 0 Å². The second kappa shape index (κ2) is 22.5. The molecule has 12 heteroatoms. The van der Waals surface area contributed by atoms with Gasteiger partial charge in [-0.2, -0.15) is 12.6 Å². The maximum Gasteiger partial charge on any atom is 0.309 e. The van der Waals surface area contributed by atoms with Crippen molar-refractivity contribution in [3.8, 4) is 0 Å². The molecule has 1 aliphatic heterocycles. The van der Waals surface area contributed by atoms with Gasteiger partial charge in [0.2, 0.25) is 11.8 Å². The first-order chi connectivity index (χ1) is 25.1. The molecule has 0 unspecified atom stereocenters. The number of likely N-dealkylation sites (N-methyl/N-ethyl adjacent to an activating group) is 2. The van der Waals surface area contributed by atoms with Gasteiger partial charge in [0.05, 0.1) is 55.7 Å². The number of rotatable bonds is 23. The van der Waals surface area contributed by atoms with Gasteiger partial charge in [-0.25, -0.2) is 0 Å². The summed E-state index contributed by atoms with van der Waals surface area (Å²) in [5.41, 5.74) is 0.939. The van der Waals surface area contributed by atoms with Crippen molar-refractivity contribution in [2.24, 2.45) is 29.6 Å². The summed E-state index contributed by atoms with van der Waals surface area (Å²) in [6, 6.07) is 8.44. The highest BCUT2D eigenvalue weighted by molar-refractivity contribution is 7.80. The Balaban J connectivity index is 2.25. The van der Waals surface area contributed by atoms with E-state index in [1.165, 1.54) is 7.11 Å². The van der Waals surface area contributed by atoms with E-state index in [-0.39, 0.29) is 72.3 Å². The fraction of sp³-hybridized carbons (Fsp3) is 0.732. The molecule has 1 saturated heterocycles. The van der Waals surface area contributed by atoms with E-state index in [9.17, 15) is 24.0 Å². The molecule has 1 heterocycles. The number of methoxy groups -OCH3 is 3. The zero-order valence-corrected chi connectivity index (χ0v) is 35.0. The van der Waals surface area contributed by atoms with Crippen LogP contribution < -0.4 is 0 Å². The first-order valence-electron chi connectivity index (χ1n) is 19.1. The highest BCUT2D eigenvalue weighted by Crippen LogP contribution is 2.31. The smallest absolute Gasteiger partial charge is 0.309 e. The molecule has 53 heavy (non-hydrogen) atoms. The van der Waals surface area contributed by atoms with Crippen molar-refractivity contribution in [1.29, 1.82) is 0 Å². The van der Waals surface area contributed by atoms with Crippen molar-refractivity contribution in [1.82, 2.24) is 14.7 Å². The quantitative estimate of drug-likeness (QED) is 0.122. The van der Waals surface area contributed by atoms with Gasteiger partial charge in [-0.1, -0.05) is 71.4 Å². The fourth-order valence-corrected chi connectivity index (χ4v) is 8.50. The van der Waals surface area contributed by atoms with Crippen LogP contribution in [-0.4, -0.2) is 129 Å². The molecule has 9 atom stereocenters. The number of carbonyl (C=O) groups is 5. The highest BCUT2D eigenvalue weighted by Gasteiger charge is 2.43. The lowest BCUT2D eigenvalue weighted by atomic mass is 9.85. The number of nitrogens with zero attached hydrogens (tertiary/aromatic N) is 3. The molecule has 1 aromatic rings. The average molecular weight is 762 g/mol. The molecule has 0 radical (unpaired) electrons. The Morgan fingerprint density at radius 2 is 1.51 bits per heavy atom. The number of benzene rings is 1. The predicted molar refractivity (Wildman–Crippen MR) is 211 cm³/mol. The number of hydrogen-bond acceptors (Lipinski definition) is 10. The normalized spacial score (nSPS) is 19.2. The lowest BCUT2D eigenvalue weighted by Crippen LogP contribution is -2.54. The summed E-state index contributed by atoms with van der Waals surface area (Å²) in [4.78, 5) is 73.4. The molecule has 0 bridgehead atoms. The van der Waals surface area contributed by atoms with E-state index in [0.29, 0.717) is 19.4 Å². The summed E-state index contributed by atoms with van der Waals surface area (Å²) in [6.07, 6.45) is 1.45. The topological polar surface area (TPSA) is 123 Å². The molecule has 0 spiro atoms. The molecule has 1 aliphatic rings. The van der Waals surface area contributed by atoms with E-state index in [0.717, 1.165) is 18.4 Å². The molecular formula is C41H67N3O8S. The van der Waals surface area contributed by atoms with Gasteiger partial charge in [-0.15, -0.1) is 0 Å². The minimum absolute atomic E-state index is 0.00172. The third-order valence-electron chi connectivity index (χ3n) is 11.2. The number of Topliss-reactive ketones (excluding diaryl/α,β-unsaturated/α-hetero) is 2. The van der Waals surface area contributed by atoms with E-state index in [2.05, 4.69) is 12.6 Å². The van der Waals surface area contributed by atoms with Crippen LogP contribution in [-0.2, 0) is 44.6 Å². The van der Waals surface area contributed by atoms with Gasteiger partial charge in [-0.05, 0) is 50.8 Å². The predicted octanol–water partition coefficient (Wildman–Crippen LogP) is 4.99. The van der Waals surface area contributed by atoms with E-state index < -0.39 is 42.0 Å². The molecule has 11 nitrogen and oxygen atoms in total. The molecular weight excluding hydrogens is 695 g/mol. The van der Waals surface area contributed by atoms with Crippen molar-refractivity contribution in [2.45, 2.75) is 110 Å².